The second-order valence-electron chi connectivity index (χ2n) is 24.3. The highest BCUT2D eigenvalue weighted by molar-refractivity contribution is 5.76. The Hall–Kier alpha value is -1.47. The van der Waals surface area contributed by atoms with Crippen LogP contribution in [-0.2, 0) is 33.2 Å². The number of aliphatic hydroxyl groups is 11. The largest absolute Gasteiger partial charge is 0.394 e. The topological polar surface area (TPSA) is 307 Å². The molecular weight excluding hydrogens is 1070 g/mol. The van der Waals surface area contributed by atoms with Crippen LogP contribution in [0.3, 0.4) is 0 Å². The number of ether oxygens (including phenoxy) is 6. The Morgan fingerprint density at radius 1 is 0.422 bits per heavy atom. The molecule has 19 nitrogen and oxygen atoms in total. The summed E-state index contributed by atoms with van der Waals surface area (Å²) in [6.07, 6.45) is 22.9. The van der Waals surface area contributed by atoms with Crippen molar-refractivity contribution in [2.24, 2.45) is 0 Å². The SMILES string of the molecule is CCCCCCCCCC/C=C\CCCCCCCCCCCCCC(=O)NC(COC1OC(CO)C(OC2OC(CO)C(OC3OC(CO)C(O)C(O)C3O)C(O)C2O)C(O)C1O)C(O)CCCCCCCCCCCCCCCCC. The molecule has 3 aliphatic heterocycles. The summed E-state index contributed by atoms with van der Waals surface area (Å²) in [4.78, 5) is 13.4. The first-order valence-corrected chi connectivity index (χ1v) is 33.4. The van der Waals surface area contributed by atoms with Crippen molar-refractivity contribution in [3.05, 3.63) is 12.2 Å². The molecule has 3 aliphatic rings. The van der Waals surface area contributed by atoms with Crippen LogP contribution in [-0.4, -0.2) is 193 Å². The van der Waals surface area contributed by atoms with Gasteiger partial charge in [-0.1, -0.05) is 225 Å². The lowest BCUT2D eigenvalue weighted by Crippen LogP contribution is -2.66. The molecule has 0 aromatic rings. The molecule has 0 aromatic heterocycles. The quantitative estimate of drug-likeness (QED) is 0.0205. The van der Waals surface area contributed by atoms with E-state index in [4.69, 9.17) is 28.4 Å². The lowest BCUT2D eigenvalue weighted by atomic mass is 9.96. The molecule has 1 amide bonds. The van der Waals surface area contributed by atoms with Crippen LogP contribution in [0.2, 0.25) is 0 Å². The van der Waals surface area contributed by atoms with Crippen molar-refractivity contribution >= 4 is 5.91 Å². The first-order chi connectivity index (χ1) is 40.3. The van der Waals surface area contributed by atoms with E-state index >= 15 is 0 Å². The van der Waals surface area contributed by atoms with Crippen molar-refractivity contribution in [1.29, 1.82) is 0 Å². The summed E-state index contributed by atoms with van der Waals surface area (Å²) in [5.74, 6) is -0.241. The van der Waals surface area contributed by atoms with Crippen molar-refractivity contribution in [3.8, 4) is 0 Å². The van der Waals surface area contributed by atoms with Crippen molar-refractivity contribution in [1.82, 2.24) is 5.32 Å². The average molecular weight is 1190 g/mol. The number of nitrogens with one attached hydrogen (secondary N) is 1. The van der Waals surface area contributed by atoms with E-state index in [1.807, 2.05) is 0 Å². The summed E-state index contributed by atoms with van der Waals surface area (Å²) < 4.78 is 34.4. The maximum Gasteiger partial charge on any atom is 0.220 e. The number of unbranched alkanes of at least 4 members (excludes halogenated alkanes) is 33. The maximum absolute atomic E-state index is 13.4. The predicted molar refractivity (Wildman–Crippen MR) is 319 cm³/mol. The van der Waals surface area contributed by atoms with Crippen LogP contribution in [0.15, 0.2) is 12.2 Å². The number of hydrogen-bond acceptors (Lipinski definition) is 18. The number of carbonyl (C=O) groups excluding carboxylic acids is 1. The first-order valence-electron chi connectivity index (χ1n) is 33.4. The van der Waals surface area contributed by atoms with E-state index in [0.717, 1.165) is 44.9 Å². The van der Waals surface area contributed by atoms with Crippen LogP contribution >= 0.6 is 0 Å². The molecule has 490 valence electrons. The molecule has 3 saturated heterocycles. The summed E-state index contributed by atoms with van der Waals surface area (Å²) in [5.41, 5.74) is 0. The zero-order valence-corrected chi connectivity index (χ0v) is 51.4. The third-order valence-corrected chi connectivity index (χ3v) is 17.1. The second-order valence-corrected chi connectivity index (χ2v) is 24.3. The van der Waals surface area contributed by atoms with Gasteiger partial charge in [-0.05, 0) is 38.5 Å². The monoisotopic (exact) mass is 1190 g/mol. The Kier molecular flexibility index (Phi) is 43.4. The van der Waals surface area contributed by atoms with Crippen LogP contribution in [0.5, 0.6) is 0 Å². The van der Waals surface area contributed by atoms with Gasteiger partial charge >= 0.3 is 0 Å². The smallest absolute Gasteiger partial charge is 0.220 e. The van der Waals surface area contributed by atoms with Gasteiger partial charge < -0.3 is 89.9 Å². The molecule has 83 heavy (non-hydrogen) atoms. The van der Waals surface area contributed by atoms with E-state index in [-0.39, 0.29) is 18.9 Å². The van der Waals surface area contributed by atoms with Gasteiger partial charge in [0, 0.05) is 6.42 Å². The third-order valence-electron chi connectivity index (χ3n) is 17.1. The van der Waals surface area contributed by atoms with E-state index in [1.165, 1.54) is 180 Å². The average Bonchev–Trinajstić information content (AvgIpc) is 3.18. The van der Waals surface area contributed by atoms with Crippen molar-refractivity contribution in [2.75, 3.05) is 26.4 Å². The minimum absolute atomic E-state index is 0.241. The van der Waals surface area contributed by atoms with Gasteiger partial charge in [0.2, 0.25) is 5.91 Å². The van der Waals surface area contributed by atoms with E-state index < -0.39 is 124 Å². The highest BCUT2D eigenvalue weighted by Gasteiger charge is 2.53. The van der Waals surface area contributed by atoms with Crippen LogP contribution in [0.1, 0.15) is 258 Å². The zero-order chi connectivity index (χ0) is 60.5. The Morgan fingerprint density at radius 2 is 0.759 bits per heavy atom. The molecule has 3 fully saturated rings. The molecule has 0 aromatic carbocycles. The fraction of sp³-hybridized carbons (Fsp3) is 0.953. The Balaban J connectivity index is 1.44. The summed E-state index contributed by atoms with van der Waals surface area (Å²) in [6, 6.07) is -0.884. The molecule has 3 rings (SSSR count). The zero-order valence-electron chi connectivity index (χ0n) is 51.4. The highest BCUT2D eigenvalue weighted by atomic mass is 16.8. The second kappa shape index (κ2) is 47.5. The minimum Gasteiger partial charge on any atom is -0.394 e. The molecule has 0 saturated carbocycles. The molecular formula is C64H121NO18. The number of amides is 1. The van der Waals surface area contributed by atoms with E-state index in [9.17, 15) is 61.0 Å². The maximum atomic E-state index is 13.4. The van der Waals surface area contributed by atoms with Crippen molar-refractivity contribution in [2.45, 2.75) is 362 Å². The normalized spacial score (nSPS) is 29.4. The standard InChI is InChI=1S/C64H121NO18/c1-3-5-7-9-11-13-15-17-19-20-21-22-23-24-25-26-28-30-32-34-36-38-40-42-52(70)65-47(48(69)41-39-37-35-33-31-29-27-18-16-14-12-10-8-6-4-2)46-78-62-58(76)55(73)60(50(44-67)80-62)83-64-59(77)56(74)61(51(45-68)81-64)82-63-57(75)54(72)53(71)49(43-66)79-63/h20-21,47-51,53-64,66-69,71-77H,3-19,22-46H2,1-2H3,(H,65,70)/b21-20-. The summed E-state index contributed by atoms with van der Waals surface area (Å²) in [6.45, 7) is 1.82. The molecule has 0 spiro atoms. The highest BCUT2D eigenvalue weighted by Crippen LogP contribution is 2.33. The summed E-state index contributed by atoms with van der Waals surface area (Å²) in [5, 5.41) is 120. The summed E-state index contributed by atoms with van der Waals surface area (Å²) >= 11 is 0. The van der Waals surface area contributed by atoms with Gasteiger partial charge in [0.05, 0.1) is 38.6 Å². The number of rotatable bonds is 51. The van der Waals surface area contributed by atoms with E-state index in [1.54, 1.807) is 0 Å². The third kappa shape index (κ3) is 30.5. The molecule has 17 unspecified atom stereocenters. The lowest BCUT2D eigenvalue weighted by Gasteiger charge is -2.48. The van der Waals surface area contributed by atoms with Gasteiger partial charge in [-0.2, -0.15) is 0 Å². The first kappa shape index (κ1) is 75.8. The van der Waals surface area contributed by atoms with Crippen LogP contribution < -0.4 is 5.32 Å². The van der Waals surface area contributed by atoms with Crippen molar-refractivity contribution in [3.63, 3.8) is 0 Å². The van der Waals surface area contributed by atoms with Gasteiger partial charge in [-0.15, -0.1) is 0 Å². The van der Waals surface area contributed by atoms with Gasteiger partial charge in [0.15, 0.2) is 18.9 Å². The van der Waals surface area contributed by atoms with Crippen LogP contribution in [0, 0.1) is 0 Å². The van der Waals surface area contributed by atoms with Crippen LogP contribution in [0.4, 0.5) is 0 Å². The van der Waals surface area contributed by atoms with Gasteiger partial charge in [0.25, 0.3) is 0 Å². The fourth-order valence-corrected chi connectivity index (χ4v) is 11.6. The van der Waals surface area contributed by atoms with Crippen LogP contribution in [0.25, 0.3) is 0 Å². The number of aliphatic hydroxyl groups excluding tert-OH is 11. The Labute approximate surface area is 499 Å². The van der Waals surface area contributed by atoms with Crippen molar-refractivity contribution < 1.29 is 89.4 Å². The van der Waals surface area contributed by atoms with Gasteiger partial charge in [0.1, 0.15) is 73.2 Å². The van der Waals surface area contributed by atoms with Gasteiger partial charge in [-0.3, -0.25) is 4.79 Å². The molecule has 0 bridgehead atoms. The fourth-order valence-electron chi connectivity index (χ4n) is 11.6. The number of carbonyl (C=O) groups is 1. The molecule has 17 atom stereocenters. The summed E-state index contributed by atoms with van der Waals surface area (Å²) in [7, 11) is 0. The van der Waals surface area contributed by atoms with E-state index in [0.29, 0.717) is 12.8 Å². The number of allylic oxidation sites excluding steroid dienone is 2. The predicted octanol–water partition coefficient (Wildman–Crippen LogP) is 7.72. The molecule has 12 N–H and O–H groups in total. The number of hydrogen-bond donors (Lipinski definition) is 12. The molecule has 0 aliphatic carbocycles. The molecule has 0 radical (unpaired) electrons. The Morgan fingerprint density at radius 3 is 1.17 bits per heavy atom. The molecule has 19 heteroatoms. The van der Waals surface area contributed by atoms with E-state index in [2.05, 4.69) is 31.3 Å². The minimum atomic E-state index is -1.97. The van der Waals surface area contributed by atoms with Gasteiger partial charge in [-0.25, -0.2) is 0 Å². The molecule has 3 heterocycles. The lowest BCUT2D eigenvalue weighted by molar-refractivity contribution is -0.379. The Bertz CT molecular complexity index is 1560.